The Bertz CT molecular complexity index is 1470. The molecule has 3 atom stereocenters. The van der Waals surface area contributed by atoms with Crippen LogP contribution in [0.2, 0.25) is 0 Å². The Morgan fingerprint density at radius 2 is 1.67 bits per heavy atom. The van der Waals surface area contributed by atoms with Gasteiger partial charge in [-0.15, -0.1) is 0 Å². The zero-order valence-electron chi connectivity index (χ0n) is 23.7. The van der Waals surface area contributed by atoms with Gasteiger partial charge in [0.25, 0.3) is 0 Å². The van der Waals surface area contributed by atoms with Crippen molar-refractivity contribution in [1.82, 2.24) is 0 Å². The highest BCUT2D eigenvalue weighted by Gasteiger charge is 2.46. The van der Waals surface area contributed by atoms with Crippen LogP contribution in [0.25, 0.3) is 0 Å². The fourth-order valence-corrected chi connectivity index (χ4v) is 5.94. The van der Waals surface area contributed by atoms with Crippen molar-refractivity contribution in [3.8, 4) is 5.75 Å². The number of amides is 1. The quantitative estimate of drug-likeness (QED) is 0.261. The molecule has 1 heterocycles. The second-order valence-corrected chi connectivity index (χ2v) is 10.9. The number of fused-ring (bicyclic) bond motifs is 2. The fourth-order valence-electron chi connectivity index (χ4n) is 5.94. The largest absolute Gasteiger partial charge is 0.494 e. The Balaban J connectivity index is 1.56. The van der Waals surface area contributed by atoms with Gasteiger partial charge in [0.2, 0.25) is 5.91 Å². The number of para-hydroxylation sites is 2. The number of Topliss-reactive ketones (excluding diaryl/α,β-unsaturated/α-hetero) is 1. The van der Waals surface area contributed by atoms with Gasteiger partial charge in [0.1, 0.15) is 17.3 Å². The van der Waals surface area contributed by atoms with Gasteiger partial charge in [0.15, 0.2) is 0 Å². The van der Waals surface area contributed by atoms with Crippen LogP contribution in [0.5, 0.6) is 5.75 Å². The molecule has 7 nitrogen and oxygen atoms in total. The Hall–Kier alpha value is -4.33. The van der Waals surface area contributed by atoms with Gasteiger partial charge in [-0.3, -0.25) is 19.4 Å². The Labute approximate surface area is 245 Å². The number of carboxylic acid groups (broad SMARTS) is 1. The molecule has 0 unspecified atom stereocenters. The fraction of sp³-hybridized carbons (Fsp3) is 0.353. The summed E-state index contributed by atoms with van der Waals surface area (Å²) in [4.78, 5) is 45.8. The third-order valence-corrected chi connectivity index (χ3v) is 8.01. The number of rotatable bonds is 10. The summed E-state index contributed by atoms with van der Waals surface area (Å²) in [7, 11) is 0. The van der Waals surface area contributed by atoms with Gasteiger partial charge in [-0.1, -0.05) is 56.2 Å². The summed E-state index contributed by atoms with van der Waals surface area (Å²) in [6.45, 7) is 2.74. The van der Waals surface area contributed by atoms with Crippen LogP contribution in [0, 0.1) is 11.7 Å². The van der Waals surface area contributed by atoms with E-state index in [4.69, 9.17) is 9.73 Å². The van der Waals surface area contributed by atoms with Gasteiger partial charge in [-0.05, 0) is 66.3 Å². The molecule has 0 aromatic heterocycles. The van der Waals surface area contributed by atoms with E-state index in [-0.39, 0.29) is 42.7 Å². The molecule has 42 heavy (non-hydrogen) atoms. The number of ether oxygens (including phenoxy) is 1. The molecule has 8 heteroatoms. The molecular formula is C34H35FN2O5. The number of ketones is 1. The molecular weight excluding hydrogens is 535 g/mol. The number of aliphatic carboxylic acids is 1. The maximum Gasteiger partial charge on any atom is 0.303 e. The molecule has 1 N–H and O–H groups in total. The average Bonchev–Trinajstić information content (AvgIpc) is 3.13. The molecule has 2 aliphatic rings. The standard InChI is InChI=1S/C34H35FN2O5/c1-2-3-6-19-42-26-15-11-23(12-16-26)34-33-28(20-24(21-30(33)38)22-9-13-25(35)14-10-22)36-27-7-4-5-8-29(27)37(34)31(39)17-18-32(40)41/h4-5,7-16,24,33-34H,2-3,6,17-21H2,1H3,(H,40,41)/t24-,33-,34+/m1/s1. The summed E-state index contributed by atoms with van der Waals surface area (Å²) in [6, 6.07) is 20.2. The van der Waals surface area contributed by atoms with Crippen LogP contribution >= 0.6 is 0 Å². The molecule has 0 saturated heterocycles. The highest BCUT2D eigenvalue weighted by molar-refractivity contribution is 6.13. The molecule has 1 aliphatic heterocycles. The molecule has 1 saturated carbocycles. The number of benzene rings is 3. The van der Waals surface area contributed by atoms with Crippen LogP contribution in [0.4, 0.5) is 15.8 Å². The predicted octanol–water partition coefficient (Wildman–Crippen LogP) is 7.18. The maximum absolute atomic E-state index is 14.1. The SMILES string of the molecule is CCCCCOc1ccc([C@H]2[C@H]3C(=O)C[C@H](c4ccc(F)cc4)CC3=Nc3ccccc3N2C(=O)CCC(=O)O)cc1. The highest BCUT2D eigenvalue weighted by atomic mass is 19.1. The first-order chi connectivity index (χ1) is 20.4. The number of carboxylic acids is 1. The van der Waals surface area contributed by atoms with Crippen LogP contribution in [-0.2, 0) is 14.4 Å². The monoisotopic (exact) mass is 570 g/mol. The molecule has 0 radical (unpaired) electrons. The summed E-state index contributed by atoms with van der Waals surface area (Å²) >= 11 is 0. The Morgan fingerprint density at radius 1 is 0.952 bits per heavy atom. The van der Waals surface area contributed by atoms with Gasteiger partial charge in [-0.2, -0.15) is 0 Å². The Kier molecular flexibility index (Phi) is 9.10. The number of hydrogen-bond acceptors (Lipinski definition) is 5. The molecule has 1 fully saturated rings. The lowest BCUT2D eigenvalue weighted by Gasteiger charge is -2.39. The van der Waals surface area contributed by atoms with Crippen molar-refractivity contribution in [1.29, 1.82) is 0 Å². The highest BCUT2D eigenvalue weighted by Crippen LogP contribution is 2.47. The number of hydrogen-bond donors (Lipinski definition) is 1. The van der Waals surface area contributed by atoms with E-state index in [1.54, 1.807) is 35.2 Å². The minimum Gasteiger partial charge on any atom is -0.494 e. The molecule has 1 amide bonds. The summed E-state index contributed by atoms with van der Waals surface area (Å²) in [5, 5.41) is 9.33. The minimum atomic E-state index is -1.07. The van der Waals surface area contributed by atoms with E-state index >= 15 is 0 Å². The zero-order chi connectivity index (χ0) is 29.6. The molecule has 3 aromatic rings. The molecule has 5 rings (SSSR count). The van der Waals surface area contributed by atoms with E-state index in [9.17, 15) is 23.9 Å². The minimum absolute atomic E-state index is 0.0666. The first kappa shape index (κ1) is 29.2. The van der Waals surface area contributed by atoms with Crippen molar-refractivity contribution < 1.29 is 28.6 Å². The lowest BCUT2D eigenvalue weighted by atomic mass is 9.72. The lowest BCUT2D eigenvalue weighted by Crippen LogP contribution is -2.45. The number of halogens is 1. The van der Waals surface area contributed by atoms with E-state index in [2.05, 4.69) is 6.92 Å². The number of unbranched alkanes of at least 4 members (excludes halogenated alkanes) is 2. The number of aliphatic imine (C=N–C) groups is 1. The summed E-state index contributed by atoms with van der Waals surface area (Å²) < 4.78 is 19.6. The first-order valence-electron chi connectivity index (χ1n) is 14.6. The van der Waals surface area contributed by atoms with E-state index in [0.29, 0.717) is 35.9 Å². The Morgan fingerprint density at radius 3 is 2.38 bits per heavy atom. The topological polar surface area (TPSA) is 96.3 Å². The summed E-state index contributed by atoms with van der Waals surface area (Å²) in [5.74, 6) is -2.06. The smallest absolute Gasteiger partial charge is 0.303 e. The second kappa shape index (κ2) is 13.1. The van der Waals surface area contributed by atoms with Crippen LogP contribution in [-0.4, -0.2) is 35.1 Å². The second-order valence-electron chi connectivity index (χ2n) is 10.9. The van der Waals surface area contributed by atoms with Crippen molar-refractivity contribution in [2.24, 2.45) is 10.9 Å². The third kappa shape index (κ3) is 6.43. The predicted molar refractivity (Wildman–Crippen MR) is 159 cm³/mol. The van der Waals surface area contributed by atoms with Crippen LogP contribution in [0.1, 0.15) is 75.0 Å². The number of carbonyl (C=O) groups excluding carboxylic acids is 2. The summed E-state index contributed by atoms with van der Waals surface area (Å²) in [6.07, 6.45) is 3.28. The molecule has 0 bridgehead atoms. The van der Waals surface area contributed by atoms with E-state index < -0.39 is 17.9 Å². The first-order valence-corrected chi connectivity index (χ1v) is 14.6. The van der Waals surface area contributed by atoms with Gasteiger partial charge in [-0.25, -0.2) is 4.39 Å². The van der Waals surface area contributed by atoms with Crippen molar-refractivity contribution >= 4 is 34.7 Å². The van der Waals surface area contributed by atoms with E-state index in [1.165, 1.54) is 12.1 Å². The number of nitrogens with zero attached hydrogens (tertiary/aromatic N) is 2. The van der Waals surface area contributed by atoms with Crippen molar-refractivity contribution in [2.45, 2.75) is 63.8 Å². The number of carbonyl (C=O) groups is 3. The molecule has 218 valence electrons. The summed E-state index contributed by atoms with van der Waals surface area (Å²) in [5.41, 5.74) is 3.34. The normalized spacial score (nSPS) is 19.8. The third-order valence-electron chi connectivity index (χ3n) is 8.01. The zero-order valence-corrected chi connectivity index (χ0v) is 23.7. The van der Waals surface area contributed by atoms with E-state index in [0.717, 1.165) is 30.4 Å². The van der Waals surface area contributed by atoms with Gasteiger partial charge in [0.05, 0.1) is 36.4 Å². The van der Waals surface area contributed by atoms with E-state index in [1.807, 2.05) is 30.3 Å². The maximum atomic E-state index is 14.1. The van der Waals surface area contributed by atoms with Crippen molar-refractivity contribution in [3.05, 3.63) is 89.7 Å². The van der Waals surface area contributed by atoms with Gasteiger partial charge >= 0.3 is 5.97 Å². The molecule has 3 aromatic carbocycles. The van der Waals surface area contributed by atoms with Crippen LogP contribution < -0.4 is 9.64 Å². The average molecular weight is 571 g/mol. The van der Waals surface area contributed by atoms with Crippen molar-refractivity contribution in [2.75, 3.05) is 11.5 Å². The van der Waals surface area contributed by atoms with Gasteiger partial charge < -0.3 is 14.7 Å². The molecule has 1 aliphatic carbocycles. The molecule has 0 spiro atoms. The number of anilines is 1. The van der Waals surface area contributed by atoms with Crippen molar-refractivity contribution in [3.63, 3.8) is 0 Å². The van der Waals surface area contributed by atoms with Gasteiger partial charge in [0, 0.05) is 18.6 Å². The lowest BCUT2D eigenvalue weighted by molar-refractivity contribution is -0.138. The van der Waals surface area contributed by atoms with Crippen LogP contribution in [0.15, 0.2) is 77.8 Å². The van der Waals surface area contributed by atoms with Crippen LogP contribution in [0.3, 0.4) is 0 Å².